The van der Waals surface area contributed by atoms with Gasteiger partial charge in [0, 0.05) is 18.2 Å². The van der Waals surface area contributed by atoms with Crippen LogP contribution in [-0.2, 0) is 16.0 Å². The Labute approximate surface area is 98.9 Å². The molecule has 0 N–H and O–H groups in total. The molecule has 0 aliphatic carbocycles. The second kappa shape index (κ2) is 6.42. The maximum atomic E-state index is 11.0. The summed E-state index contributed by atoms with van der Waals surface area (Å²) >= 11 is 0. The molecule has 0 aromatic heterocycles. The third-order valence-corrected chi connectivity index (χ3v) is 2.04. The van der Waals surface area contributed by atoms with Crippen LogP contribution in [0.25, 0.3) is 0 Å². The largest absolute Gasteiger partial charge is 0.463 e. The predicted octanol–water partition coefficient (Wildman–Crippen LogP) is 2.26. The average Bonchev–Trinajstić information content (AvgIpc) is 2.30. The lowest BCUT2D eigenvalue weighted by Gasteiger charge is -1.97. The molecule has 17 heavy (non-hydrogen) atoms. The Bertz CT molecular complexity index is 423. The van der Waals surface area contributed by atoms with Gasteiger partial charge in [-0.25, -0.2) is 4.79 Å². The average molecular weight is 235 g/mol. The molecule has 0 aliphatic rings. The molecular formula is C12H13NO4. The topological polar surface area (TPSA) is 69.4 Å². The number of esters is 1. The van der Waals surface area contributed by atoms with Gasteiger partial charge in [-0.05, 0) is 18.9 Å². The fraction of sp³-hybridized carbons (Fsp3) is 0.250. The van der Waals surface area contributed by atoms with Crippen molar-refractivity contribution in [3.05, 3.63) is 52.1 Å². The number of carbonyl (C=O) groups is 1. The lowest BCUT2D eigenvalue weighted by molar-refractivity contribution is -0.384. The van der Waals surface area contributed by atoms with Crippen molar-refractivity contribution in [2.24, 2.45) is 0 Å². The normalized spacial score (nSPS) is 10.4. The van der Waals surface area contributed by atoms with Gasteiger partial charge in [0.15, 0.2) is 0 Å². The number of nitro benzene ring substituents is 1. The van der Waals surface area contributed by atoms with Gasteiger partial charge < -0.3 is 4.74 Å². The van der Waals surface area contributed by atoms with Crippen LogP contribution in [0.4, 0.5) is 5.69 Å². The quantitative estimate of drug-likeness (QED) is 0.339. The van der Waals surface area contributed by atoms with E-state index in [-0.39, 0.29) is 11.7 Å². The van der Waals surface area contributed by atoms with E-state index >= 15 is 0 Å². The van der Waals surface area contributed by atoms with Crippen LogP contribution in [0.3, 0.4) is 0 Å². The highest BCUT2D eigenvalue weighted by Crippen LogP contribution is 2.12. The Hall–Kier alpha value is -2.17. The Morgan fingerprint density at radius 1 is 1.41 bits per heavy atom. The first kappa shape index (κ1) is 12.9. The second-order valence-electron chi connectivity index (χ2n) is 3.28. The molecule has 0 unspecified atom stereocenters. The zero-order chi connectivity index (χ0) is 12.7. The van der Waals surface area contributed by atoms with E-state index in [4.69, 9.17) is 4.74 Å². The minimum atomic E-state index is -0.446. The number of benzene rings is 1. The van der Waals surface area contributed by atoms with Gasteiger partial charge in [0.05, 0.1) is 11.5 Å². The van der Waals surface area contributed by atoms with Crippen molar-refractivity contribution in [3.8, 4) is 0 Å². The van der Waals surface area contributed by atoms with E-state index in [0.717, 1.165) is 5.56 Å². The monoisotopic (exact) mass is 235 g/mol. The first-order chi connectivity index (χ1) is 8.13. The van der Waals surface area contributed by atoms with Gasteiger partial charge >= 0.3 is 5.97 Å². The van der Waals surface area contributed by atoms with E-state index in [0.29, 0.717) is 13.0 Å². The first-order valence-corrected chi connectivity index (χ1v) is 5.20. The molecule has 0 radical (unpaired) electrons. The van der Waals surface area contributed by atoms with Gasteiger partial charge in [-0.3, -0.25) is 10.1 Å². The molecule has 0 saturated heterocycles. The Morgan fingerprint density at radius 3 is 2.59 bits per heavy atom. The highest BCUT2D eigenvalue weighted by atomic mass is 16.6. The summed E-state index contributed by atoms with van der Waals surface area (Å²) < 4.78 is 4.72. The third kappa shape index (κ3) is 4.46. The molecule has 1 aromatic carbocycles. The number of non-ortho nitro benzene ring substituents is 1. The van der Waals surface area contributed by atoms with Gasteiger partial charge in [0.2, 0.25) is 0 Å². The molecule has 0 heterocycles. The van der Waals surface area contributed by atoms with Crippen LogP contribution >= 0.6 is 0 Å². The van der Waals surface area contributed by atoms with Crippen molar-refractivity contribution in [2.45, 2.75) is 13.3 Å². The second-order valence-corrected chi connectivity index (χ2v) is 3.28. The molecule has 0 atom stereocenters. The van der Waals surface area contributed by atoms with Crippen molar-refractivity contribution in [3.63, 3.8) is 0 Å². The third-order valence-electron chi connectivity index (χ3n) is 2.04. The number of ether oxygens (including phenoxy) is 1. The molecular weight excluding hydrogens is 222 g/mol. The minimum Gasteiger partial charge on any atom is -0.463 e. The number of allylic oxidation sites excluding steroid dienone is 1. The van der Waals surface area contributed by atoms with Crippen LogP contribution in [0.2, 0.25) is 0 Å². The van der Waals surface area contributed by atoms with E-state index < -0.39 is 4.92 Å². The standard InChI is InChI=1S/C12H13NO4/c1-2-17-12(14)5-3-4-10-6-8-11(9-7-10)13(15)16/h3,5-9H,2,4H2,1H3/b5-3+. The molecule has 0 aliphatic heterocycles. The summed E-state index contributed by atoms with van der Waals surface area (Å²) in [7, 11) is 0. The van der Waals surface area contributed by atoms with Crippen molar-refractivity contribution >= 4 is 11.7 Å². The van der Waals surface area contributed by atoms with Gasteiger partial charge in [-0.15, -0.1) is 0 Å². The predicted molar refractivity (Wildman–Crippen MR) is 62.6 cm³/mol. The molecule has 5 nitrogen and oxygen atoms in total. The smallest absolute Gasteiger partial charge is 0.330 e. The van der Waals surface area contributed by atoms with Gasteiger partial charge in [-0.1, -0.05) is 18.2 Å². The molecule has 1 rings (SSSR count). The Balaban J connectivity index is 2.52. The molecule has 90 valence electrons. The summed E-state index contributed by atoms with van der Waals surface area (Å²) in [5, 5.41) is 10.4. The molecule has 0 saturated carbocycles. The lowest BCUT2D eigenvalue weighted by atomic mass is 10.1. The van der Waals surface area contributed by atoms with Crippen LogP contribution in [0.15, 0.2) is 36.4 Å². The van der Waals surface area contributed by atoms with E-state index in [1.165, 1.54) is 18.2 Å². The number of hydrogen-bond acceptors (Lipinski definition) is 4. The Kier molecular flexibility index (Phi) is 4.87. The molecule has 0 fully saturated rings. The highest BCUT2D eigenvalue weighted by molar-refractivity contribution is 5.81. The van der Waals surface area contributed by atoms with Crippen LogP contribution in [-0.4, -0.2) is 17.5 Å². The summed E-state index contributed by atoms with van der Waals surface area (Å²) in [5.74, 6) is -0.380. The van der Waals surface area contributed by atoms with Crippen molar-refractivity contribution in [1.82, 2.24) is 0 Å². The molecule has 0 spiro atoms. The zero-order valence-corrected chi connectivity index (χ0v) is 9.46. The maximum Gasteiger partial charge on any atom is 0.330 e. The van der Waals surface area contributed by atoms with E-state index in [9.17, 15) is 14.9 Å². The molecule has 0 amide bonds. The van der Waals surface area contributed by atoms with Crippen LogP contribution < -0.4 is 0 Å². The summed E-state index contributed by atoms with van der Waals surface area (Å²) in [6.07, 6.45) is 3.56. The fourth-order valence-corrected chi connectivity index (χ4v) is 1.24. The highest BCUT2D eigenvalue weighted by Gasteiger charge is 2.02. The van der Waals surface area contributed by atoms with Crippen molar-refractivity contribution in [1.29, 1.82) is 0 Å². The maximum absolute atomic E-state index is 11.0. The molecule has 1 aromatic rings. The summed E-state index contributed by atoms with van der Waals surface area (Å²) in [6, 6.07) is 6.20. The molecule has 0 bridgehead atoms. The minimum absolute atomic E-state index is 0.0584. The van der Waals surface area contributed by atoms with Crippen molar-refractivity contribution < 1.29 is 14.5 Å². The Morgan fingerprint density at radius 2 is 2.06 bits per heavy atom. The summed E-state index contributed by atoms with van der Waals surface area (Å²) in [4.78, 5) is 21.0. The fourth-order valence-electron chi connectivity index (χ4n) is 1.24. The van der Waals surface area contributed by atoms with E-state index in [1.54, 1.807) is 25.1 Å². The molecule has 5 heteroatoms. The SMILES string of the molecule is CCOC(=O)/C=C/Cc1ccc([N+](=O)[O-])cc1. The van der Waals surface area contributed by atoms with Gasteiger partial charge in [0.1, 0.15) is 0 Å². The van der Waals surface area contributed by atoms with E-state index in [1.807, 2.05) is 0 Å². The van der Waals surface area contributed by atoms with Crippen LogP contribution in [0, 0.1) is 10.1 Å². The van der Waals surface area contributed by atoms with Crippen LogP contribution in [0.1, 0.15) is 12.5 Å². The van der Waals surface area contributed by atoms with Gasteiger partial charge in [0.25, 0.3) is 5.69 Å². The number of nitrogens with zero attached hydrogens (tertiary/aromatic N) is 1. The van der Waals surface area contributed by atoms with Crippen molar-refractivity contribution in [2.75, 3.05) is 6.61 Å². The number of nitro groups is 1. The lowest BCUT2D eigenvalue weighted by Crippen LogP contribution is -1.99. The summed E-state index contributed by atoms with van der Waals surface area (Å²) in [6.45, 7) is 2.09. The first-order valence-electron chi connectivity index (χ1n) is 5.20. The number of hydrogen-bond donors (Lipinski definition) is 0. The summed E-state index contributed by atoms with van der Waals surface area (Å²) in [5.41, 5.74) is 0.958. The number of carbonyl (C=O) groups excluding carboxylic acids is 1. The zero-order valence-electron chi connectivity index (χ0n) is 9.46. The van der Waals surface area contributed by atoms with E-state index in [2.05, 4.69) is 0 Å². The van der Waals surface area contributed by atoms with Crippen LogP contribution in [0.5, 0.6) is 0 Å². The van der Waals surface area contributed by atoms with Gasteiger partial charge in [-0.2, -0.15) is 0 Å². The number of rotatable bonds is 5.